The number of nitrogens with zero attached hydrogens (tertiary/aromatic N) is 3. The van der Waals surface area contributed by atoms with E-state index in [-0.39, 0.29) is 18.6 Å². The fraction of sp³-hybridized carbons (Fsp3) is 0.471. The molecule has 6 heteroatoms. The first-order chi connectivity index (χ1) is 11.2. The number of benzene rings is 1. The van der Waals surface area contributed by atoms with E-state index in [4.69, 9.17) is 5.11 Å². The second-order valence-electron chi connectivity index (χ2n) is 6.10. The Morgan fingerprint density at radius 1 is 1.17 bits per heavy atom. The van der Waals surface area contributed by atoms with E-state index in [9.17, 15) is 4.79 Å². The zero-order chi connectivity index (χ0) is 16.1. The molecule has 0 aliphatic heterocycles. The number of carbonyl (C=O) groups is 1. The van der Waals surface area contributed by atoms with Crippen molar-refractivity contribution in [3.63, 3.8) is 0 Å². The molecule has 1 aliphatic rings. The fourth-order valence-corrected chi connectivity index (χ4v) is 3.12. The molecule has 0 atom stereocenters. The smallest absolute Gasteiger partial charge is 0.224 e. The molecule has 6 nitrogen and oxygen atoms in total. The highest BCUT2D eigenvalue weighted by Gasteiger charge is 2.23. The Labute approximate surface area is 135 Å². The van der Waals surface area contributed by atoms with Gasteiger partial charge in [0.15, 0.2) is 0 Å². The van der Waals surface area contributed by atoms with Crippen molar-refractivity contribution in [2.75, 3.05) is 0 Å². The summed E-state index contributed by atoms with van der Waals surface area (Å²) in [5, 5.41) is 16.4. The van der Waals surface area contributed by atoms with Gasteiger partial charge in [-0.2, -0.15) is 5.10 Å². The van der Waals surface area contributed by atoms with Crippen LogP contribution in [0, 0.1) is 0 Å². The molecule has 1 aliphatic carbocycles. The number of rotatable bonds is 5. The van der Waals surface area contributed by atoms with E-state index in [0.29, 0.717) is 12.5 Å². The van der Waals surface area contributed by atoms with Crippen LogP contribution in [0.1, 0.15) is 42.9 Å². The Morgan fingerprint density at radius 3 is 2.48 bits per heavy atom. The third-order valence-corrected chi connectivity index (χ3v) is 4.44. The lowest BCUT2D eigenvalue weighted by molar-refractivity contribution is -0.121. The van der Waals surface area contributed by atoms with Crippen LogP contribution < -0.4 is 5.32 Å². The maximum Gasteiger partial charge on any atom is 0.224 e. The van der Waals surface area contributed by atoms with Gasteiger partial charge in [-0.05, 0) is 36.8 Å². The van der Waals surface area contributed by atoms with Gasteiger partial charge in [-0.25, -0.2) is 9.67 Å². The van der Waals surface area contributed by atoms with Gasteiger partial charge in [0.2, 0.25) is 5.91 Å². The molecule has 0 spiro atoms. The molecule has 23 heavy (non-hydrogen) atoms. The van der Waals surface area contributed by atoms with Crippen LogP contribution in [-0.4, -0.2) is 31.8 Å². The van der Waals surface area contributed by atoms with Gasteiger partial charge >= 0.3 is 0 Å². The van der Waals surface area contributed by atoms with Crippen molar-refractivity contribution < 1.29 is 9.90 Å². The normalized spacial score (nSPS) is 21.1. The predicted octanol–water partition coefficient (Wildman–Crippen LogP) is 1.61. The van der Waals surface area contributed by atoms with Crippen molar-refractivity contribution in [3.05, 3.63) is 48.0 Å². The summed E-state index contributed by atoms with van der Waals surface area (Å²) in [6.45, 7) is 0.0293. The van der Waals surface area contributed by atoms with Gasteiger partial charge < -0.3 is 10.4 Å². The van der Waals surface area contributed by atoms with Crippen molar-refractivity contribution >= 4 is 5.91 Å². The molecule has 1 heterocycles. The molecule has 0 saturated heterocycles. The summed E-state index contributed by atoms with van der Waals surface area (Å²) in [7, 11) is 0. The van der Waals surface area contributed by atoms with E-state index >= 15 is 0 Å². The molecule has 0 radical (unpaired) electrons. The average molecular weight is 314 g/mol. The minimum atomic E-state index is 0.0293. The van der Waals surface area contributed by atoms with E-state index in [0.717, 1.165) is 36.8 Å². The topological polar surface area (TPSA) is 80.0 Å². The highest BCUT2D eigenvalue weighted by molar-refractivity contribution is 5.78. The van der Waals surface area contributed by atoms with Gasteiger partial charge in [0, 0.05) is 6.04 Å². The molecule has 2 aromatic rings. The van der Waals surface area contributed by atoms with Crippen LogP contribution >= 0.6 is 0 Å². The van der Waals surface area contributed by atoms with Crippen LogP contribution in [0.4, 0.5) is 0 Å². The quantitative estimate of drug-likeness (QED) is 0.879. The molecule has 3 rings (SSSR count). The van der Waals surface area contributed by atoms with Crippen LogP contribution in [0.5, 0.6) is 0 Å². The van der Waals surface area contributed by atoms with Crippen LogP contribution in [0.3, 0.4) is 0 Å². The largest absolute Gasteiger partial charge is 0.392 e. The molecule has 1 aromatic heterocycles. The third-order valence-electron chi connectivity index (χ3n) is 4.44. The molecular weight excluding hydrogens is 292 g/mol. The molecule has 122 valence electrons. The van der Waals surface area contributed by atoms with Gasteiger partial charge in [0.1, 0.15) is 12.7 Å². The lowest BCUT2D eigenvalue weighted by Gasteiger charge is -2.29. The van der Waals surface area contributed by atoms with Crippen molar-refractivity contribution in [2.24, 2.45) is 0 Å². The molecule has 1 aromatic carbocycles. The summed E-state index contributed by atoms with van der Waals surface area (Å²) in [4.78, 5) is 16.1. The van der Waals surface area contributed by atoms with Gasteiger partial charge in [-0.3, -0.25) is 4.79 Å². The Balaban J connectivity index is 1.45. The summed E-state index contributed by atoms with van der Waals surface area (Å²) in [5.41, 5.74) is 1.83. The monoisotopic (exact) mass is 314 g/mol. The Morgan fingerprint density at radius 2 is 1.87 bits per heavy atom. The van der Waals surface area contributed by atoms with Gasteiger partial charge in [-0.15, -0.1) is 0 Å². The molecule has 1 amide bonds. The summed E-state index contributed by atoms with van der Waals surface area (Å²) in [5.74, 6) is 0.0611. The molecule has 1 saturated carbocycles. The van der Waals surface area contributed by atoms with Gasteiger partial charge in [-0.1, -0.05) is 24.3 Å². The number of carbonyl (C=O) groups excluding carboxylic acids is 1. The first kappa shape index (κ1) is 15.7. The van der Waals surface area contributed by atoms with Crippen LogP contribution in [-0.2, 0) is 17.8 Å². The first-order valence-corrected chi connectivity index (χ1v) is 8.07. The molecule has 1 fully saturated rings. The minimum Gasteiger partial charge on any atom is -0.392 e. The highest BCUT2D eigenvalue weighted by Crippen LogP contribution is 2.27. The maximum absolute atomic E-state index is 12.2. The van der Waals surface area contributed by atoms with E-state index in [1.165, 1.54) is 0 Å². The van der Waals surface area contributed by atoms with E-state index < -0.39 is 0 Å². The van der Waals surface area contributed by atoms with Crippen molar-refractivity contribution in [2.45, 2.75) is 50.8 Å². The maximum atomic E-state index is 12.2. The zero-order valence-corrected chi connectivity index (χ0v) is 13.1. The molecule has 0 bridgehead atoms. The predicted molar refractivity (Wildman–Crippen MR) is 85.5 cm³/mol. The molecular formula is C17H22N4O2. The Kier molecular flexibility index (Phi) is 5.02. The van der Waals surface area contributed by atoms with E-state index in [2.05, 4.69) is 15.4 Å². The highest BCUT2D eigenvalue weighted by atomic mass is 16.3. The zero-order valence-electron chi connectivity index (χ0n) is 13.1. The summed E-state index contributed by atoms with van der Waals surface area (Å²) in [6.07, 6.45) is 7.68. The second-order valence-corrected chi connectivity index (χ2v) is 6.10. The molecule has 0 unspecified atom stereocenters. The SMILES string of the molecule is O=C(Cc1ccc(CO)cc1)NC1CCC(n2cncn2)CC1. The molecule has 2 N–H and O–H groups in total. The number of hydrogen-bond donors (Lipinski definition) is 2. The number of nitrogens with one attached hydrogen (secondary N) is 1. The Hall–Kier alpha value is -2.21. The van der Waals surface area contributed by atoms with Crippen molar-refractivity contribution in [3.8, 4) is 0 Å². The minimum absolute atomic E-state index is 0.0293. The lowest BCUT2D eigenvalue weighted by Crippen LogP contribution is -2.38. The van der Waals surface area contributed by atoms with E-state index in [1.54, 1.807) is 12.7 Å². The summed E-state index contributed by atoms with van der Waals surface area (Å²) in [6, 6.07) is 8.15. The van der Waals surface area contributed by atoms with Crippen LogP contribution in [0.25, 0.3) is 0 Å². The van der Waals surface area contributed by atoms with E-state index in [1.807, 2.05) is 28.9 Å². The Bertz CT molecular complexity index is 617. The third kappa shape index (κ3) is 4.16. The first-order valence-electron chi connectivity index (χ1n) is 8.07. The standard InChI is InChI=1S/C17H22N4O2/c22-10-14-3-1-13(2-4-14)9-17(23)20-15-5-7-16(8-6-15)21-12-18-11-19-21/h1-4,11-12,15-16,22H,5-10H2,(H,20,23). The number of amides is 1. The summed E-state index contributed by atoms with van der Waals surface area (Å²) < 4.78 is 1.92. The van der Waals surface area contributed by atoms with Crippen LogP contribution in [0.15, 0.2) is 36.9 Å². The fourth-order valence-electron chi connectivity index (χ4n) is 3.12. The number of aliphatic hydroxyl groups excluding tert-OH is 1. The summed E-state index contributed by atoms with van der Waals surface area (Å²) >= 11 is 0. The number of aromatic nitrogens is 3. The van der Waals surface area contributed by atoms with Crippen LogP contribution in [0.2, 0.25) is 0 Å². The second kappa shape index (κ2) is 7.37. The lowest BCUT2D eigenvalue weighted by atomic mass is 9.91. The van der Waals surface area contributed by atoms with Gasteiger partial charge in [0.25, 0.3) is 0 Å². The number of aliphatic hydroxyl groups is 1. The average Bonchev–Trinajstić information content (AvgIpc) is 3.11. The van der Waals surface area contributed by atoms with Crippen molar-refractivity contribution in [1.82, 2.24) is 20.1 Å². The number of hydrogen-bond acceptors (Lipinski definition) is 4. The van der Waals surface area contributed by atoms with Gasteiger partial charge in [0.05, 0.1) is 19.1 Å². The van der Waals surface area contributed by atoms with Crippen molar-refractivity contribution in [1.29, 1.82) is 0 Å².